The first-order valence-electron chi connectivity index (χ1n) is 6.73. The van der Waals surface area contributed by atoms with Gasteiger partial charge in [-0.05, 0) is 31.5 Å². The SMILES string of the molecule is CNS(=O)(=O)c1ccc(C(=O)N(C)CCC(N)C(C)C)o1.Cl. The summed E-state index contributed by atoms with van der Waals surface area (Å²) in [4.78, 5) is 13.6. The van der Waals surface area contributed by atoms with Crippen LogP contribution in [0, 0.1) is 5.92 Å². The molecule has 0 fully saturated rings. The summed E-state index contributed by atoms with van der Waals surface area (Å²) in [6.45, 7) is 4.52. The smallest absolute Gasteiger partial charge is 0.289 e. The molecule has 7 nitrogen and oxygen atoms in total. The van der Waals surface area contributed by atoms with Crippen LogP contribution >= 0.6 is 12.4 Å². The van der Waals surface area contributed by atoms with Crippen molar-refractivity contribution in [3.63, 3.8) is 0 Å². The number of hydrogen-bond donors (Lipinski definition) is 2. The molecule has 0 saturated carbocycles. The third-order valence-corrected chi connectivity index (χ3v) is 4.61. The Bertz CT molecular complexity index is 586. The minimum Gasteiger partial charge on any atom is -0.438 e. The number of nitrogens with one attached hydrogen (secondary N) is 1. The first-order valence-corrected chi connectivity index (χ1v) is 8.21. The molecule has 0 bridgehead atoms. The minimum absolute atomic E-state index is 0. The van der Waals surface area contributed by atoms with Crippen LogP contribution in [0.25, 0.3) is 0 Å². The number of nitrogens with two attached hydrogens (primary N) is 1. The Morgan fingerprint density at radius 2 is 2.00 bits per heavy atom. The van der Waals surface area contributed by atoms with E-state index in [2.05, 4.69) is 4.72 Å². The molecule has 0 saturated heterocycles. The fourth-order valence-electron chi connectivity index (χ4n) is 1.65. The lowest BCUT2D eigenvalue weighted by Gasteiger charge is -2.20. The fraction of sp³-hybridized carbons (Fsp3) is 0.615. The number of carbonyl (C=O) groups excluding carboxylic acids is 1. The average molecular weight is 354 g/mol. The number of hydrogen-bond acceptors (Lipinski definition) is 5. The Balaban J connectivity index is 0.00000441. The summed E-state index contributed by atoms with van der Waals surface area (Å²) < 4.78 is 30.3. The minimum atomic E-state index is -3.68. The number of halogens is 1. The number of rotatable bonds is 7. The highest BCUT2D eigenvalue weighted by molar-refractivity contribution is 7.89. The van der Waals surface area contributed by atoms with Crippen LogP contribution < -0.4 is 10.5 Å². The lowest BCUT2D eigenvalue weighted by Crippen LogP contribution is -2.34. The predicted octanol–water partition coefficient (Wildman–Crippen LogP) is 1.05. The molecule has 0 spiro atoms. The molecule has 9 heteroatoms. The van der Waals surface area contributed by atoms with Gasteiger partial charge in [0.2, 0.25) is 5.09 Å². The summed E-state index contributed by atoms with van der Waals surface area (Å²) in [5, 5.41) is -0.277. The van der Waals surface area contributed by atoms with Crippen molar-refractivity contribution in [2.75, 3.05) is 20.6 Å². The van der Waals surface area contributed by atoms with Crippen molar-refractivity contribution in [2.24, 2.45) is 11.7 Å². The highest BCUT2D eigenvalue weighted by Crippen LogP contribution is 2.15. The van der Waals surface area contributed by atoms with Gasteiger partial charge in [0.1, 0.15) is 0 Å². The van der Waals surface area contributed by atoms with E-state index in [0.29, 0.717) is 18.9 Å². The Labute approximate surface area is 137 Å². The molecule has 0 aliphatic rings. The van der Waals surface area contributed by atoms with Crippen molar-refractivity contribution < 1.29 is 17.6 Å². The number of nitrogens with zero attached hydrogens (tertiary/aromatic N) is 1. The largest absolute Gasteiger partial charge is 0.438 e. The summed E-state index contributed by atoms with van der Waals surface area (Å²) in [6, 6.07) is 2.62. The van der Waals surface area contributed by atoms with Gasteiger partial charge in [-0.25, -0.2) is 13.1 Å². The maximum Gasteiger partial charge on any atom is 0.289 e. The van der Waals surface area contributed by atoms with Crippen LogP contribution in [0.15, 0.2) is 21.6 Å². The van der Waals surface area contributed by atoms with Crippen LogP contribution in [0.3, 0.4) is 0 Å². The molecule has 1 aromatic heterocycles. The Morgan fingerprint density at radius 1 is 1.41 bits per heavy atom. The van der Waals surface area contributed by atoms with Crippen LogP contribution in [0.5, 0.6) is 0 Å². The van der Waals surface area contributed by atoms with Gasteiger partial charge in [0.15, 0.2) is 5.76 Å². The van der Waals surface area contributed by atoms with E-state index in [0.717, 1.165) is 0 Å². The first-order chi connectivity index (χ1) is 9.69. The van der Waals surface area contributed by atoms with Gasteiger partial charge in [-0.3, -0.25) is 4.79 Å². The number of sulfonamides is 1. The van der Waals surface area contributed by atoms with Crippen LogP contribution in [0.1, 0.15) is 30.8 Å². The van der Waals surface area contributed by atoms with E-state index >= 15 is 0 Å². The van der Waals surface area contributed by atoms with Gasteiger partial charge in [-0.15, -0.1) is 12.4 Å². The predicted molar refractivity (Wildman–Crippen MR) is 86.6 cm³/mol. The Kier molecular flexibility index (Phi) is 8.10. The summed E-state index contributed by atoms with van der Waals surface area (Å²) in [6.07, 6.45) is 0.669. The monoisotopic (exact) mass is 353 g/mol. The van der Waals surface area contributed by atoms with Crippen molar-refractivity contribution >= 4 is 28.3 Å². The second-order valence-corrected chi connectivity index (χ2v) is 7.07. The van der Waals surface area contributed by atoms with Gasteiger partial charge >= 0.3 is 0 Å². The molecule has 1 unspecified atom stereocenters. The summed E-state index contributed by atoms with van der Waals surface area (Å²) in [5.41, 5.74) is 5.93. The maximum atomic E-state index is 12.1. The standard InChI is InChI=1S/C13H23N3O4S.ClH/c1-9(2)10(14)7-8-16(4)13(17)11-5-6-12(20-11)21(18,19)15-3;/h5-6,9-10,15H,7-8,14H2,1-4H3;1H. The number of furan rings is 1. The lowest BCUT2D eigenvalue weighted by molar-refractivity contribution is 0.0752. The quantitative estimate of drug-likeness (QED) is 0.762. The third kappa shape index (κ3) is 5.28. The molecule has 128 valence electrons. The molecular formula is C13H24ClN3O4S. The van der Waals surface area contributed by atoms with E-state index in [-0.39, 0.29) is 35.2 Å². The molecule has 22 heavy (non-hydrogen) atoms. The van der Waals surface area contributed by atoms with Gasteiger partial charge in [0.05, 0.1) is 0 Å². The Hall–Kier alpha value is -1.09. The molecule has 0 aliphatic carbocycles. The van der Waals surface area contributed by atoms with Crippen molar-refractivity contribution in [3.05, 3.63) is 17.9 Å². The number of amides is 1. The Morgan fingerprint density at radius 3 is 2.50 bits per heavy atom. The van der Waals surface area contributed by atoms with Crippen LogP contribution in [-0.4, -0.2) is 45.9 Å². The van der Waals surface area contributed by atoms with Crippen molar-refractivity contribution in [3.8, 4) is 0 Å². The zero-order valence-electron chi connectivity index (χ0n) is 13.2. The molecule has 1 rings (SSSR count). The lowest BCUT2D eigenvalue weighted by atomic mass is 10.0. The molecule has 1 heterocycles. The normalized spacial score (nSPS) is 12.8. The van der Waals surface area contributed by atoms with E-state index in [9.17, 15) is 13.2 Å². The second-order valence-electron chi connectivity index (χ2n) is 5.25. The first kappa shape index (κ1) is 20.9. The molecule has 1 atom stereocenters. The van der Waals surface area contributed by atoms with Gasteiger partial charge in [-0.1, -0.05) is 13.8 Å². The molecule has 1 aromatic rings. The van der Waals surface area contributed by atoms with Crippen molar-refractivity contribution in [2.45, 2.75) is 31.4 Å². The van der Waals surface area contributed by atoms with Crippen LogP contribution in [0.4, 0.5) is 0 Å². The summed E-state index contributed by atoms with van der Waals surface area (Å²) in [7, 11) is -0.775. The van der Waals surface area contributed by atoms with E-state index in [1.807, 2.05) is 13.8 Å². The zero-order valence-corrected chi connectivity index (χ0v) is 14.8. The second kappa shape index (κ2) is 8.52. The van der Waals surface area contributed by atoms with E-state index in [1.165, 1.54) is 24.1 Å². The zero-order chi connectivity index (χ0) is 16.2. The number of carbonyl (C=O) groups is 1. The summed E-state index contributed by atoms with van der Waals surface area (Å²) >= 11 is 0. The molecule has 0 aliphatic heterocycles. The topological polar surface area (TPSA) is 106 Å². The van der Waals surface area contributed by atoms with Gasteiger partial charge in [0.25, 0.3) is 15.9 Å². The van der Waals surface area contributed by atoms with E-state index < -0.39 is 10.0 Å². The molecule has 3 N–H and O–H groups in total. The maximum absolute atomic E-state index is 12.1. The highest BCUT2D eigenvalue weighted by Gasteiger charge is 2.22. The van der Waals surface area contributed by atoms with Gasteiger partial charge in [0, 0.05) is 19.6 Å². The van der Waals surface area contributed by atoms with Crippen LogP contribution in [-0.2, 0) is 10.0 Å². The van der Waals surface area contributed by atoms with Gasteiger partial charge < -0.3 is 15.1 Å². The van der Waals surface area contributed by atoms with E-state index in [4.69, 9.17) is 10.2 Å². The van der Waals surface area contributed by atoms with Crippen molar-refractivity contribution in [1.29, 1.82) is 0 Å². The summed E-state index contributed by atoms with van der Waals surface area (Å²) in [5.74, 6) is -0.0440. The van der Waals surface area contributed by atoms with Crippen molar-refractivity contribution in [1.82, 2.24) is 9.62 Å². The third-order valence-electron chi connectivity index (χ3n) is 3.33. The van der Waals surface area contributed by atoms with E-state index in [1.54, 1.807) is 7.05 Å². The van der Waals surface area contributed by atoms with Gasteiger partial charge in [-0.2, -0.15) is 0 Å². The molecule has 0 aromatic carbocycles. The molecule has 1 amide bonds. The highest BCUT2D eigenvalue weighted by atomic mass is 35.5. The van der Waals surface area contributed by atoms with Crippen LogP contribution in [0.2, 0.25) is 0 Å². The molecular weight excluding hydrogens is 330 g/mol. The molecule has 0 radical (unpaired) electrons. The average Bonchev–Trinajstić information content (AvgIpc) is 2.93. The fourth-order valence-corrected chi connectivity index (χ4v) is 2.29.